The molecule has 7 atom stereocenters. The number of carbonyl (C=O) groups excluding carboxylic acids is 1. The van der Waals surface area contributed by atoms with Gasteiger partial charge in [-0.15, -0.1) is 0 Å². The lowest BCUT2D eigenvalue weighted by atomic mass is 9.48. The Balaban J connectivity index is 1.38. The van der Waals surface area contributed by atoms with E-state index in [0.29, 0.717) is 35.1 Å². The van der Waals surface area contributed by atoms with E-state index in [1.165, 1.54) is 38.5 Å². The Hall–Kier alpha value is -1.89. The van der Waals surface area contributed by atoms with Crippen molar-refractivity contribution in [2.75, 3.05) is 0 Å². The summed E-state index contributed by atoms with van der Waals surface area (Å²) >= 11 is 0. The molecule has 30 heavy (non-hydrogen) atoms. The number of allylic oxidation sites excluding steroid dienone is 2. The van der Waals surface area contributed by atoms with Gasteiger partial charge in [0.25, 0.3) is 0 Å². The largest absolute Gasteiger partial charge is 0.297 e. The highest BCUT2D eigenvalue weighted by Crippen LogP contribution is 2.65. The standard InChI is InChI=1S/C26H35N3O/c1-17-8-10-25(2)19(12-17)4-5-20-21-6-7-23(26(21,3)11-9-22(20)25)24(30)16-29-15-18(13-27)14-28-29/h9,14-15,17,19-21,23H,4-8,10-12,16H2,1-3H3. The van der Waals surface area contributed by atoms with Crippen molar-refractivity contribution >= 4 is 5.78 Å². The van der Waals surface area contributed by atoms with Crippen molar-refractivity contribution in [3.05, 3.63) is 29.6 Å². The van der Waals surface area contributed by atoms with Gasteiger partial charge in [0.05, 0.1) is 18.3 Å². The summed E-state index contributed by atoms with van der Waals surface area (Å²) in [6.45, 7) is 7.69. The molecular formula is C26H35N3O. The average Bonchev–Trinajstić information content (AvgIpc) is 3.32. The van der Waals surface area contributed by atoms with Crippen molar-refractivity contribution in [2.45, 2.75) is 78.7 Å². The Morgan fingerprint density at radius 1 is 1.27 bits per heavy atom. The van der Waals surface area contributed by atoms with Crippen molar-refractivity contribution in [3.8, 4) is 6.07 Å². The number of nitrogens with zero attached hydrogens (tertiary/aromatic N) is 3. The minimum absolute atomic E-state index is 0.0849. The third-order valence-electron chi connectivity index (χ3n) is 9.76. The predicted octanol–water partition coefficient (Wildman–Crippen LogP) is 5.54. The fourth-order valence-electron chi connectivity index (χ4n) is 8.05. The maximum atomic E-state index is 13.3. The topological polar surface area (TPSA) is 58.7 Å². The first-order valence-corrected chi connectivity index (χ1v) is 12.0. The molecule has 5 rings (SSSR count). The van der Waals surface area contributed by atoms with Crippen LogP contribution in [-0.4, -0.2) is 15.6 Å². The summed E-state index contributed by atoms with van der Waals surface area (Å²) in [5, 5.41) is 13.2. The number of hydrogen-bond acceptors (Lipinski definition) is 3. The van der Waals surface area contributed by atoms with Crippen LogP contribution in [0.4, 0.5) is 0 Å². The van der Waals surface area contributed by atoms with Crippen LogP contribution in [0.2, 0.25) is 0 Å². The Kier molecular flexibility index (Phi) is 4.73. The van der Waals surface area contributed by atoms with Gasteiger partial charge < -0.3 is 0 Å². The summed E-state index contributed by atoms with van der Waals surface area (Å²) < 4.78 is 1.65. The van der Waals surface area contributed by atoms with Crippen LogP contribution in [0.15, 0.2) is 24.0 Å². The van der Waals surface area contributed by atoms with Crippen LogP contribution in [0.25, 0.3) is 0 Å². The number of rotatable bonds is 3. The number of nitriles is 1. The van der Waals surface area contributed by atoms with E-state index in [-0.39, 0.29) is 11.3 Å². The molecule has 4 heteroatoms. The Morgan fingerprint density at radius 3 is 2.87 bits per heavy atom. The average molecular weight is 406 g/mol. The monoisotopic (exact) mass is 405 g/mol. The lowest BCUT2D eigenvalue weighted by molar-refractivity contribution is -0.127. The third-order valence-corrected chi connectivity index (χ3v) is 9.76. The fourth-order valence-corrected chi connectivity index (χ4v) is 8.05. The molecule has 4 aliphatic carbocycles. The van der Waals surface area contributed by atoms with E-state index in [4.69, 9.17) is 5.26 Å². The van der Waals surface area contributed by atoms with Crippen LogP contribution in [0.5, 0.6) is 0 Å². The van der Waals surface area contributed by atoms with Crippen LogP contribution in [0.3, 0.4) is 0 Å². The molecule has 160 valence electrons. The van der Waals surface area contributed by atoms with Crippen LogP contribution >= 0.6 is 0 Å². The van der Waals surface area contributed by atoms with E-state index in [1.807, 2.05) is 0 Å². The summed E-state index contributed by atoms with van der Waals surface area (Å²) in [6, 6.07) is 2.10. The molecule has 1 heterocycles. The van der Waals surface area contributed by atoms with E-state index in [1.54, 1.807) is 22.6 Å². The van der Waals surface area contributed by atoms with Gasteiger partial charge in [-0.2, -0.15) is 10.4 Å². The van der Waals surface area contributed by atoms with E-state index in [0.717, 1.165) is 24.7 Å². The normalized spacial score (nSPS) is 42.5. The SMILES string of the molecule is CC1CCC2(C)C3=CCC4(C)C(C(=O)Cn5cc(C#N)cn5)CCC4C3CCC2C1. The molecule has 0 N–H and O–H groups in total. The molecule has 0 saturated heterocycles. The van der Waals surface area contributed by atoms with Gasteiger partial charge >= 0.3 is 0 Å². The Morgan fingerprint density at radius 2 is 2.10 bits per heavy atom. The second-order valence-electron chi connectivity index (χ2n) is 11.3. The lowest BCUT2D eigenvalue weighted by Crippen LogP contribution is -2.48. The zero-order chi connectivity index (χ0) is 21.1. The van der Waals surface area contributed by atoms with E-state index in [2.05, 4.69) is 38.0 Å². The van der Waals surface area contributed by atoms with Gasteiger partial charge in [0.15, 0.2) is 5.78 Å². The minimum Gasteiger partial charge on any atom is -0.297 e. The molecule has 1 aromatic heterocycles. The molecular weight excluding hydrogens is 370 g/mol. The maximum Gasteiger partial charge on any atom is 0.157 e. The molecule has 0 aromatic carbocycles. The molecule has 0 bridgehead atoms. The Bertz CT molecular complexity index is 923. The van der Waals surface area contributed by atoms with Gasteiger partial charge in [-0.25, -0.2) is 0 Å². The minimum atomic E-state index is 0.0849. The van der Waals surface area contributed by atoms with Crippen molar-refractivity contribution in [2.24, 2.45) is 40.4 Å². The number of fused-ring (bicyclic) bond motifs is 5. The molecule has 7 unspecified atom stereocenters. The van der Waals surface area contributed by atoms with Crippen LogP contribution in [0, 0.1) is 51.8 Å². The van der Waals surface area contributed by atoms with Gasteiger partial charge in [0.2, 0.25) is 0 Å². The highest BCUT2D eigenvalue weighted by molar-refractivity contribution is 5.82. The van der Waals surface area contributed by atoms with Crippen molar-refractivity contribution in [1.82, 2.24) is 9.78 Å². The molecule has 0 radical (unpaired) electrons. The van der Waals surface area contributed by atoms with E-state index in [9.17, 15) is 4.79 Å². The first-order valence-electron chi connectivity index (χ1n) is 12.0. The number of ketones is 1. The molecule has 4 aliphatic rings. The first kappa shape index (κ1) is 20.0. The van der Waals surface area contributed by atoms with Crippen molar-refractivity contribution < 1.29 is 4.79 Å². The quantitative estimate of drug-likeness (QED) is 0.620. The van der Waals surface area contributed by atoms with Gasteiger partial charge in [-0.3, -0.25) is 9.48 Å². The first-order chi connectivity index (χ1) is 14.3. The van der Waals surface area contributed by atoms with E-state index >= 15 is 0 Å². The van der Waals surface area contributed by atoms with Crippen LogP contribution in [0.1, 0.15) is 77.7 Å². The van der Waals surface area contributed by atoms with Gasteiger partial charge in [0.1, 0.15) is 6.07 Å². The van der Waals surface area contributed by atoms with Gasteiger partial charge in [0, 0.05) is 12.1 Å². The molecule has 0 spiro atoms. The van der Waals surface area contributed by atoms with E-state index < -0.39 is 0 Å². The molecule has 1 aromatic rings. The van der Waals surface area contributed by atoms with Gasteiger partial charge in [-0.05, 0) is 85.9 Å². The third kappa shape index (κ3) is 2.92. The summed E-state index contributed by atoms with van der Waals surface area (Å²) in [4.78, 5) is 13.3. The molecule has 0 aliphatic heterocycles. The van der Waals surface area contributed by atoms with Crippen molar-refractivity contribution in [1.29, 1.82) is 5.26 Å². The summed E-state index contributed by atoms with van der Waals surface area (Å²) in [7, 11) is 0. The number of carbonyl (C=O) groups is 1. The maximum absolute atomic E-state index is 13.3. The fraction of sp³-hybridized carbons (Fsp3) is 0.731. The van der Waals surface area contributed by atoms with Crippen LogP contribution < -0.4 is 0 Å². The number of Topliss-reactive ketones (excluding diaryl/α,β-unsaturated/α-hetero) is 1. The summed E-state index contributed by atoms with van der Waals surface area (Å²) in [6.07, 6.45) is 15.9. The zero-order valence-corrected chi connectivity index (χ0v) is 18.7. The Labute approximate surface area is 180 Å². The second kappa shape index (κ2) is 7.08. The van der Waals surface area contributed by atoms with Crippen molar-refractivity contribution in [3.63, 3.8) is 0 Å². The predicted molar refractivity (Wildman–Crippen MR) is 116 cm³/mol. The zero-order valence-electron chi connectivity index (χ0n) is 18.7. The van der Waals surface area contributed by atoms with Crippen LogP contribution in [-0.2, 0) is 11.3 Å². The number of hydrogen-bond donors (Lipinski definition) is 0. The molecule has 3 saturated carbocycles. The lowest BCUT2D eigenvalue weighted by Gasteiger charge is -2.57. The highest BCUT2D eigenvalue weighted by Gasteiger charge is 2.58. The summed E-state index contributed by atoms with van der Waals surface area (Å²) in [5.74, 6) is 3.50. The molecule has 4 nitrogen and oxygen atoms in total. The molecule has 3 fully saturated rings. The molecule has 0 amide bonds. The highest BCUT2D eigenvalue weighted by atomic mass is 16.1. The van der Waals surface area contributed by atoms with Gasteiger partial charge in [-0.1, -0.05) is 32.4 Å². The number of aromatic nitrogens is 2. The second-order valence-corrected chi connectivity index (χ2v) is 11.3. The summed E-state index contributed by atoms with van der Waals surface area (Å²) in [5.41, 5.74) is 2.78. The smallest absolute Gasteiger partial charge is 0.157 e.